The van der Waals surface area contributed by atoms with Crippen LogP contribution in [0.2, 0.25) is 0 Å². The zero-order valence-corrected chi connectivity index (χ0v) is 41.1. The molecule has 10 atom stereocenters. The maximum atomic E-state index is 12.9. The van der Waals surface area contributed by atoms with E-state index in [9.17, 15) is 47.4 Å². The molecule has 3 aliphatic heterocycles. The molecule has 3 saturated heterocycles. The number of hydrogen-bond acceptors (Lipinski definition) is 23. The molecule has 2 aromatic rings. The molecule has 5 heterocycles. The van der Waals surface area contributed by atoms with Crippen LogP contribution in [0.1, 0.15) is 65.1 Å². The number of aliphatic hydroxyl groups excluding tert-OH is 1. The first-order valence-corrected chi connectivity index (χ1v) is 25.4. The van der Waals surface area contributed by atoms with Crippen molar-refractivity contribution in [3.63, 3.8) is 0 Å². The molecule has 3 fully saturated rings. The van der Waals surface area contributed by atoms with Crippen LogP contribution in [0.25, 0.3) is 0 Å². The normalized spacial score (nSPS) is 23.9. The predicted octanol–water partition coefficient (Wildman–Crippen LogP) is 1.68. The van der Waals surface area contributed by atoms with Gasteiger partial charge in [-0.25, -0.2) is 27.8 Å². The average molecular weight is 1040 g/mol. The van der Waals surface area contributed by atoms with Gasteiger partial charge >= 0.3 is 42.7 Å². The molecule has 2 aromatic heterocycles. The fourth-order valence-corrected chi connectivity index (χ4v) is 10.2. The van der Waals surface area contributed by atoms with Gasteiger partial charge in [-0.15, -0.1) is 0 Å². The molecule has 32 heteroatoms. The lowest BCUT2D eigenvalue weighted by Crippen LogP contribution is -2.36. The highest BCUT2D eigenvalue weighted by molar-refractivity contribution is 7.67. The maximum absolute atomic E-state index is 12.9. The quantitative estimate of drug-likeness (QED) is 0.0702. The lowest BCUT2D eigenvalue weighted by molar-refractivity contribution is -0.0849. The van der Waals surface area contributed by atoms with Crippen LogP contribution in [0.5, 0.6) is 0 Å². The molecule has 3 aliphatic rings. The van der Waals surface area contributed by atoms with Gasteiger partial charge in [-0.2, -0.15) is 8.62 Å². The SMILES string of the molecule is C.CC.CC.CNCC#Cc1cn([C@@H]2O[C@H](COP(=O)(OC)OP(=O)(OC)OP(=O)(OC)OC)C3O[C@@H]32)c(=O)[nH]c1=O.COP(=O)(O)OC[C@H]1O[C@@H](n2cc(C#CCN)c(=O)[nH]c2=O)CC1O. The fourth-order valence-electron chi connectivity index (χ4n) is 5.28. The summed E-state index contributed by atoms with van der Waals surface area (Å²) in [6.07, 6.45) is -3.46. The van der Waals surface area contributed by atoms with Gasteiger partial charge in [-0.05, 0) is 7.05 Å². The summed E-state index contributed by atoms with van der Waals surface area (Å²) in [6, 6.07) is 0. The molecule has 0 spiro atoms. The van der Waals surface area contributed by atoms with Gasteiger partial charge in [0.15, 0.2) is 6.23 Å². The minimum Gasteiger partial charge on any atom is -0.390 e. The second-order valence-corrected chi connectivity index (χ2v) is 19.6. The summed E-state index contributed by atoms with van der Waals surface area (Å²) < 4.78 is 110. The molecule has 382 valence electrons. The Morgan fingerprint density at radius 2 is 1.24 bits per heavy atom. The van der Waals surface area contributed by atoms with Gasteiger partial charge in [0.25, 0.3) is 11.1 Å². The number of rotatable bonds is 18. The van der Waals surface area contributed by atoms with Gasteiger partial charge in [0.2, 0.25) is 0 Å². The van der Waals surface area contributed by atoms with E-state index in [2.05, 4.69) is 65.9 Å². The van der Waals surface area contributed by atoms with E-state index in [1.807, 2.05) is 27.7 Å². The lowest BCUT2D eigenvalue weighted by atomic mass is 10.2. The summed E-state index contributed by atoms with van der Waals surface area (Å²) in [7, 11) is -11.7. The number of H-pyrrole nitrogens is 2. The molecule has 5 rings (SSSR count). The molecule has 0 aliphatic carbocycles. The van der Waals surface area contributed by atoms with Crippen molar-refractivity contribution in [1.82, 2.24) is 24.4 Å². The van der Waals surface area contributed by atoms with Crippen LogP contribution in [0, 0.1) is 23.7 Å². The summed E-state index contributed by atoms with van der Waals surface area (Å²) in [4.78, 5) is 61.6. The molecule has 67 heavy (non-hydrogen) atoms. The van der Waals surface area contributed by atoms with Gasteiger partial charge in [0.1, 0.15) is 41.8 Å². The van der Waals surface area contributed by atoms with Crippen LogP contribution in [0.15, 0.2) is 31.6 Å². The van der Waals surface area contributed by atoms with Crippen LogP contribution < -0.4 is 33.5 Å². The van der Waals surface area contributed by atoms with E-state index in [0.29, 0.717) is 6.54 Å². The standard InChI is InChI=1S/C17H26N3O14P3.C13H18N3O8P.2C2H6.CH4/c1-18-8-6-7-11-9-20(17(22)19-15(11)21)16-14-13(32-14)12(31-16)10-30-36(24,28-4)34-37(25,29-5)33-35(23,26-2)27-3;1-22-25(20,21)23-7-10-9(17)5-11(24-10)16-6-8(3-2-4-14)12(18)15-13(16)19;2*1-2;/h9,12-14,16,18H,8,10H2,1-5H3,(H,19,21,22);6,9-11,17H,4-5,7,14H2,1H3,(H,20,21)(H,15,18,19);2*1-2H3;1H4/t12-,13?,14+,16-,36?,37?;9?,10-,11-;;;/m11.../s1. The second kappa shape index (κ2) is 28.4. The minimum atomic E-state index is -4.84. The third-order valence-corrected chi connectivity index (χ3v) is 14.8. The number of nitrogens with two attached hydrogens (primary N) is 1. The molecule has 0 radical (unpaired) electrons. The van der Waals surface area contributed by atoms with Crippen molar-refractivity contribution in [3.8, 4) is 23.7 Å². The fraction of sp³-hybridized carbons (Fsp3) is 0.657. The molecule has 28 nitrogen and oxygen atoms in total. The summed E-state index contributed by atoms with van der Waals surface area (Å²) in [5.74, 6) is 10.4. The number of phosphoric acid groups is 4. The summed E-state index contributed by atoms with van der Waals surface area (Å²) in [6.45, 7) is 7.46. The van der Waals surface area contributed by atoms with Crippen molar-refractivity contribution >= 4 is 31.3 Å². The van der Waals surface area contributed by atoms with Gasteiger partial charge in [0, 0.05) is 54.4 Å². The Balaban J connectivity index is 0.000000653. The van der Waals surface area contributed by atoms with E-state index in [-0.39, 0.29) is 31.5 Å². The van der Waals surface area contributed by atoms with Crippen LogP contribution in [-0.2, 0) is 72.8 Å². The first-order valence-electron chi connectivity index (χ1n) is 19.5. The number of ether oxygens (including phenoxy) is 3. The van der Waals surface area contributed by atoms with Crippen LogP contribution in [-0.4, -0.2) is 129 Å². The molecule has 0 saturated carbocycles. The number of nitrogens with one attached hydrogen (secondary N) is 3. The monoisotopic (exact) mass is 1040 g/mol. The number of nitrogens with zero attached hydrogens (tertiary/aromatic N) is 2. The Morgan fingerprint density at radius 1 is 0.731 bits per heavy atom. The number of aromatic amines is 2. The van der Waals surface area contributed by atoms with Gasteiger partial charge < -0.3 is 35.3 Å². The van der Waals surface area contributed by atoms with Gasteiger partial charge in [-0.1, -0.05) is 58.8 Å². The van der Waals surface area contributed by atoms with E-state index in [4.69, 9.17) is 33.3 Å². The first-order chi connectivity index (χ1) is 31.2. The summed E-state index contributed by atoms with van der Waals surface area (Å²) in [5, 5.41) is 12.8. The Labute approximate surface area is 385 Å². The van der Waals surface area contributed by atoms with Crippen molar-refractivity contribution in [2.45, 2.75) is 84.5 Å². The Hall–Kier alpha value is -3.24. The van der Waals surface area contributed by atoms with Crippen molar-refractivity contribution in [1.29, 1.82) is 0 Å². The summed E-state index contributed by atoms with van der Waals surface area (Å²) >= 11 is 0. The predicted molar refractivity (Wildman–Crippen MR) is 238 cm³/mol. The topological polar surface area (TPSA) is 371 Å². The lowest BCUT2D eigenvalue weighted by Gasteiger charge is -2.24. The van der Waals surface area contributed by atoms with E-state index >= 15 is 0 Å². The van der Waals surface area contributed by atoms with E-state index in [0.717, 1.165) is 44.7 Å². The Kier molecular flexibility index (Phi) is 26.2. The molecule has 0 aromatic carbocycles. The van der Waals surface area contributed by atoms with E-state index in [1.54, 1.807) is 7.05 Å². The number of epoxide rings is 1. The number of fused-ring (bicyclic) bond motifs is 1. The Bertz CT molecular complexity index is 2470. The summed E-state index contributed by atoms with van der Waals surface area (Å²) in [5.41, 5.74) is 2.48. The molecule has 0 bridgehead atoms. The highest BCUT2D eigenvalue weighted by Gasteiger charge is 2.60. The maximum Gasteiger partial charge on any atom is 0.492 e. The number of aromatic nitrogens is 4. The smallest absolute Gasteiger partial charge is 0.390 e. The third-order valence-electron chi connectivity index (χ3n) is 8.38. The third kappa shape index (κ3) is 17.6. The zero-order chi connectivity index (χ0) is 50.0. The molecular formula is C35H60N6O22P4. The number of hydrogen-bond donors (Lipinski definition) is 6. The van der Waals surface area contributed by atoms with Crippen molar-refractivity contribution < 1.29 is 82.8 Å². The molecule has 5 unspecified atom stereocenters. The van der Waals surface area contributed by atoms with Crippen molar-refractivity contribution in [2.75, 3.05) is 68.9 Å². The van der Waals surface area contributed by atoms with E-state index < -0.39 is 110 Å². The molecule has 0 amide bonds. The van der Waals surface area contributed by atoms with E-state index in [1.165, 1.54) is 12.4 Å². The molecular weight excluding hydrogens is 980 g/mol. The Morgan fingerprint density at radius 3 is 1.76 bits per heavy atom. The van der Waals surface area contributed by atoms with Gasteiger partial charge in [0.05, 0.1) is 32.4 Å². The highest BCUT2D eigenvalue weighted by atomic mass is 31.3. The van der Waals surface area contributed by atoms with Crippen LogP contribution >= 0.6 is 31.3 Å². The van der Waals surface area contributed by atoms with Gasteiger partial charge in [-0.3, -0.25) is 60.4 Å². The first kappa shape index (κ1) is 61.8. The molecule has 7 N–H and O–H groups in total. The second-order valence-electron chi connectivity index (χ2n) is 12.3. The van der Waals surface area contributed by atoms with Crippen molar-refractivity contribution in [2.24, 2.45) is 5.73 Å². The average Bonchev–Trinajstić information content (AvgIpc) is 3.89. The van der Waals surface area contributed by atoms with Crippen molar-refractivity contribution in [3.05, 3.63) is 65.2 Å². The highest BCUT2D eigenvalue weighted by Crippen LogP contribution is 2.72. The number of aliphatic hydroxyl groups is 1. The zero-order valence-electron chi connectivity index (χ0n) is 37.6. The minimum absolute atomic E-state index is 0. The largest absolute Gasteiger partial charge is 0.492 e. The van der Waals surface area contributed by atoms with Crippen LogP contribution in [0.3, 0.4) is 0 Å². The number of phosphoric ester groups is 3. The van der Waals surface area contributed by atoms with Crippen LogP contribution in [0.4, 0.5) is 0 Å².